The normalized spacial score (nSPS) is 29.2. The van der Waals surface area contributed by atoms with Crippen LogP contribution in [0.25, 0.3) is 0 Å². The number of aliphatic hydroxyl groups excluding tert-OH is 1. The van der Waals surface area contributed by atoms with E-state index in [1.165, 1.54) is 0 Å². The Morgan fingerprint density at radius 3 is 2.58 bits per heavy atom. The Balaban J connectivity index is 2.39. The molecule has 0 aromatic rings. The lowest BCUT2D eigenvalue weighted by Gasteiger charge is -2.26. The maximum Gasteiger partial charge on any atom is 0.0954 e. The van der Waals surface area contributed by atoms with Crippen molar-refractivity contribution in [1.29, 1.82) is 0 Å². The van der Waals surface area contributed by atoms with E-state index in [2.05, 4.69) is 0 Å². The van der Waals surface area contributed by atoms with E-state index in [1.54, 1.807) is 0 Å². The van der Waals surface area contributed by atoms with Gasteiger partial charge >= 0.3 is 0 Å². The third-order valence-corrected chi connectivity index (χ3v) is 2.51. The van der Waals surface area contributed by atoms with Crippen LogP contribution in [-0.2, 0) is 4.74 Å². The second-order valence-electron chi connectivity index (χ2n) is 3.86. The molecule has 3 unspecified atom stereocenters. The smallest absolute Gasteiger partial charge is 0.0954 e. The number of hydrogen-bond donors (Lipinski definition) is 2. The number of ether oxygens (including phenoxy) is 1. The first kappa shape index (κ1) is 9.96. The topological polar surface area (TPSA) is 55.5 Å². The monoisotopic (exact) mass is 173 g/mol. The van der Waals surface area contributed by atoms with Crippen molar-refractivity contribution in [2.24, 2.45) is 11.7 Å². The standard InChI is InChI=1S/C9H19NO2/c1-6(2)8(10)9(11)7-4-3-5-12-7/h6-9,11H,3-5,10H2,1-2H3. The molecule has 1 aliphatic rings. The highest BCUT2D eigenvalue weighted by molar-refractivity contribution is 4.83. The minimum absolute atomic E-state index is 0.0256. The summed E-state index contributed by atoms with van der Waals surface area (Å²) in [7, 11) is 0. The van der Waals surface area contributed by atoms with Crippen LogP contribution in [0.15, 0.2) is 0 Å². The van der Waals surface area contributed by atoms with Gasteiger partial charge in [-0.05, 0) is 18.8 Å². The zero-order valence-electron chi connectivity index (χ0n) is 7.86. The molecule has 0 aliphatic carbocycles. The fraction of sp³-hybridized carbons (Fsp3) is 1.00. The molecule has 3 atom stereocenters. The SMILES string of the molecule is CC(C)C(N)C(O)C1CCCO1. The van der Waals surface area contributed by atoms with Gasteiger partial charge < -0.3 is 15.6 Å². The molecule has 0 amide bonds. The molecule has 12 heavy (non-hydrogen) atoms. The van der Waals surface area contributed by atoms with Crippen molar-refractivity contribution in [1.82, 2.24) is 0 Å². The highest BCUT2D eigenvalue weighted by atomic mass is 16.5. The Bertz CT molecular complexity index is 130. The van der Waals surface area contributed by atoms with Crippen molar-refractivity contribution >= 4 is 0 Å². The van der Waals surface area contributed by atoms with E-state index in [4.69, 9.17) is 10.5 Å². The molecule has 0 spiro atoms. The fourth-order valence-electron chi connectivity index (χ4n) is 1.51. The highest BCUT2D eigenvalue weighted by Gasteiger charge is 2.30. The second-order valence-corrected chi connectivity index (χ2v) is 3.86. The summed E-state index contributed by atoms with van der Waals surface area (Å²) in [6, 6.07) is -0.159. The van der Waals surface area contributed by atoms with Crippen LogP contribution in [-0.4, -0.2) is 30.0 Å². The molecule has 0 radical (unpaired) electrons. The minimum Gasteiger partial charge on any atom is -0.389 e. The molecule has 72 valence electrons. The predicted octanol–water partition coefficient (Wildman–Crippen LogP) is 0.510. The van der Waals surface area contributed by atoms with E-state index < -0.39 is 6.10 Å². The van der Waals surface area contributed by atoms with E-state index in [0.717, 1.165) is 19.4 Å². The summed E-state index contributed by atoms with van der Waals surface area (Å²) in [4.78, 5) is 0. The van der Waals surface area contributed by atoms with Crippen molar-refractivity contribution in [3.05, 3.63) is 0 Å². The quantitative estimate of drug-likeness (QED) is 0.654. The van der Waals surface area contributed by atoms with Crippen LogP contribution in [0.2, 0.25) is 0 Å². The molecule has 0 saturated carbocycles. The molecule has 0 aromatic carbocycles. The first-order valence-electron chi connectivity index (χ1n) is 4.68. The first-order valence-corrected chi connectivity index (χ1v) is 4.68. The molecule has 3 nitrogen and oxygen atoms in total. The van der Waals surface area contributed by atoms with Gasteiger partial charge in [0, 0.05) is 12.6 Å². The van der Waals surface area contributed by atoms with Gasteiger partial charge in [-0.3, -0.25) is 0 Å². The Morgan fingerprint density at radius 2 is 2.17 bits per heavy atom. The van der Waals surface area contributed by atoms with E-state index in [9.17, 15) is 5.11 Å². The Labute approximate surface area is 73.9 Å². The van der Waals surface area contributed by atoms with Crippen molar-refractivity contribution in [2.45, 2.75) is 44.9 Å². The van der Waals surface area contributed by atoms with Gasteiger partial charge in [0.2, 0.25) is 0 Å². The van der Waals surface area contributed by atoms with Gasteiger partial charge in [0.05, 0.1) is 12.2 Å². The average Bonchev–Trinajstić information content (AvgIpc) is 2.53. The van der Waals surface area contributed by atoms with Crippen LogP contribution in [0.5, 0.6) is 0 Å². The van der Waals surface area contributed by atoms with Crippen LogP contribution in [0, 0.1) is 5.92 Å². The van der Waals surface area contributed by atoms with Crippen LogP contribution >= 0.6 is 0 Å². The van der Waals surface area contributed by atoms with Gasteiger partial charge in [-0.1, -0.05) is 13.8 Å². The summed E-state index contributed by atoms with van der Waals surface area (Å²) >= 11 is 0. The lowest BCUT2D eigenvalue weighted by Crippen LogP contribution is -2.45. The van der Waals surface area contributed by atoms with E-state index in [-0.39, 0.29) is 12.1 Å². The molecule has 1 aliphatic heterocycles. The average molecular weight is 173 g/mol. The van der Waals surface area contributed by atoms with Gasteiger partial charge in [-0.25, -0.2) is 0 Å². The van der Waals surface area contributed by atoms with E-state index in [0.29, 0.717) is 5.92 Å². The summed E-state index contributed by atoms with van der Waals surface area (Å²) in [5.74, 6) is 0.309. The molecule has 0 aromatic heterocycles. The third kappa shape index (κ3) is 2.19. The largest absolute Gasteiger partial charge is 0.389 e. The maximum absolute atomic E-state index is 9.74. The minimum atomic E-state index is -0.493. The van der Waals surface area contributed by atoms with E-state index in [1.807, 2.05) is 13.8 Å². The molecule has 1 saturated heterocycles. The zero-order chi connectivity index (χ0) is 9.14. The van der Waals surface area contributed by atoms with E-state index >= 15 is 0 Å². The third-order valence-electron chi connectivity index (χ3n) is 2.51. The van der Waals surface area contributed by atoms with Gasteiger partial charge in [0.15, 0.2) is 0 Å². The maximum atomic E-state index is 9.74. The summed E-state index contributed by atoms with van der Waals surface area (Å²) in [5.41, 5.74) is 5.81. The molecule has 3 heteroatoms. The Hall–Kier alpha value is -0.120. The number of nitrogens with two attached hydrogens (primary N) is 1. The predicted molar refractivity (Wildman–Crippen MR) is 47.8 cm³/mol. The molecule has 1 fully saturated rings. The molecule has 3 N–H and O–H groups in total. The van der Waals surface area contributed by atoms with Crippen LogP contribution in [0.1, 0.15) is 26.7 Å². The summed E-state index contributed by atoms with van der Waals surface area (Å²) < 4.78 is 5.36. The number of rotatable bonds is 3. The van der Waals surface area contributed by atoms with Gasteiger partial charge in [0.25, 0.3) is 0 Å². The van der Waals surface area contributed by atoms with Crippen LogP contribution < -0.4 is 5.73 Å². The lowest BCUT2D eigenvalue weighted by molar-refractivity contribution is -0.0212. The zero-order valence-corrected chi connectivity index (χ0v) is 7.86. The van der Waals surface area contributed by atoms with Gasteiger partial charge in [0.1, 0.15) is 0 Å². The fourth-order valence-corrected chi connectivity index (χ4v) is 1.51. The molecule has 1 heterocycles. The highest BCUT2D eigenvalue weighted by Crippen LogP contribution is 2.19. The second kappa shape index (κ2) is 4.21. The van der Waals surface area contributed by atoms with Gasteiger partial charge in [-0.15, -0.1) is 0 Å². The van der Waals surface area contributed by atoms with Crippen LogP contribution in [0.3, 0.4) is 0 Å². The lowest BCUT2D eigenvalue weighted by atomic mass is 9.95. The van der Waals surface area contributed by atoms with Gasteiger partial charge in [-0.2, -0.15) is 0 Å². The van der Waals surface area contributed by atoms with Crippen molar-refractivity contribution in [3.63, 3.8) is 0 Å². The van der Waals surface area contributed by atoms with Crippen molar-refractivity contribution in [2.75, 3.05) is 6.61 Å². The summed E-state index contributed by atoms with van der Waals surface area (Å²) in [6.45, 7) is 4.80. The van der Waals surface area contributed by atoms with Crippen LogP contribution in [0.4, 0.5) is 0 Å². The first-order chi connectivity index (χ1) is 5.63. The Kier molecular flexibility index (Phi) is 3.50. The molecular weight excluding hydrogens is 154 g/mol. The summed E-state index contributed by atoms with van der Waals surface area (Å²) in [6.07, 6.45) is 1.48. The Morgan fingerprint density at radius 1 is 1.50 bits per heavy atom. The number of aliphatic hydroxyl groups is 1. The van der Waals surface area contributed by atoms with Crippen molar-refractivity contribution < 1.29 is 9.84 Å². The van der Waals surface area contributed by atoms with Crippen molar-refractivity contribution in [3.8, 4) is 0 Å². The molecule has 1 rings (SSSR count). The molecule has 0 bridgehead atoms. The summed E-state index contributed by atoms with van der Waals surface area (Å²) in [5, 5.41) is 9.74. The number of hydrogen-bond acceptors (Lipinski definition) is 3. The molecular formula is C9H19NO2.